The van der Waals surface area contributed by atoms with Crippen molar-refractivity contribution in [3.05, 3.63) is 43.0 Å². The first-order chi connectivity index (χ1) is 10.8. The van der Waals surface area contributed by atoms with Gasteiger partial charge in [-0.2, -0.15) is 0 Å². The standard InChI is InChI=1S/C16H18N4O2/c17-7-14-5-6-15(22-14)16(21)20-13-3-1-11(2-4-13)12-8-18-10-19-9-12/h1-4,8-10,14-15H,5-7,17H2,(H,20,21)/t14-,15+/m1/s1. The molecular weight excluding hydrogens is 280 g/mol. The molecule has 0 aliphatic carbocycles. The average Bonchev–Trinajstić information content (AvgIpc) is 3.06. The van der Waals surface area contributed by atoms with Crippen molar-refractivity contribution >= 4 is 11.6 Å². The Kier molecular flexibility index (Phi) is 4.41. The van der Waals surface area contributed by atoms with E-state index < -0.39 is 6.10 Å². The summed E-state index contributed by atoms with van der Waals surface area (Å²) in [7, 11) is 0. The van der Waals surface area contributed by atoms with Crippen LogP contribution < -0.4 is 11.1 Å². The molecular formula is C16H18N4O2. The van der Waals surface area contributed by atoms with Crippen LogP contribution in [0.3, 0.4) is 0 Å². The topological polar surface area (TPSA) is 90.1 Å². The maximum absolute atomic E-state index is 12.1. The van der Waals surface area contributed by atoms with Gasteiger partial charge < -0.3 is 15.8 Å². The summed E-state index contributed by atoms with van der Waals surface area (Å²) in [4.78, 5) is 20.1. The number of benzene rings is 1. The number of hydrogen-bond acceptors (Lipinski definition) is 5. The maximum atomic E-state index is 12.1. The molecule has 1 amide bonds. The Balaban J connectivity index is 1.63. The third-order valence-corrected chi connectivity index (χ3v) is 3.71. The highest BCUT2D eigenvalue weighted by atomic mass is 16.5. The van der Waals surface area contributed by atoms with Crippen LogP contribution in [0, 0.1) is 0 Å². The molecule has 6 nitrogen and oxygen atoms in total. The summed E-state index contributed by atoms with van der Waals surface area (Å²) in [6.07, 6.45) is 6.13. The predicted molar refractivity (Wildman–Crippen MR) is 83.0 cm³/mol. The third-order valence-electron chi connectivity index (χ3n) is 3.71. The fraction of sp³-hybridized carbons (Fsp3) is 0.312. The number of hydrogen-bond donors (Lipinski definition) is 2. The second-order valence-corrected chi connectivity index (χ2v) is 5.25. The Morgan fingerprint density at radius 3 is 2.55 bits per heavy atom. The molecule has 6 heteroatoms. The number of rotatable bonds is 4. The van der Waals surface area contributed by atoms with Crippen LogP contribution >= 0.6 is 0 Å². The van der Waals surface area contributed by atoms with Crippen LogP contribution in [0.2, 0.25) is 0 Å². The zero-order chi connectivity index (χ0) is 15.4. The molecule has 1 saturated heterocycles. The lowest BCUT2D eigenvalue weighted by Gasteiger charge is -2.13. The molecule has 0 unspecified atom stereocenters. The molecule has 22 heavy (non-hydrogen) atoms. The monoisotopic (exact) mass is 298 g/mol. The summed E-state index contributed by atoms with van der Waals surface area (Å²) in [5, 5.41) is 2.87. The van der Waals surface area contributed by atoms with E-state index >= 15 is 0 Å². The number of nitrogens with zero attached hydrogens (tertiary/aromatic N) is 2. The van der Waals surface area contributed by atoms with Crippen molar-refractivity contribution in [2.75, 3.05) is 11.9 Å². The molecule has 2 heterocycles. The van der Waals surface area contributed by atoms with Crippen molar-refractivity contribution in [2.24, 2.45) is 5.73 Å². The van der Waals surface area contributed by atoms with Gasteiger partial charge in [0.25, 0.3) is 5.91 Å². The molecule has 1 aliphatic heterocycles. The number of aromatic nitrogens is 2. The Labute approximate surface area is 128 Å². The fourth-order valence-electron chi connectivity index (χ4n) is 2.49. The van der Waals surface area contributed by atoms with E-state index in [9.17, 15) is 4.79 Å². The predicted octanol–water partition coefficient (Wildman–Crippen LogP) is 1.59. The molecule has 3 rings (SSSR count). The molecule has 0 saturated carbocycles. The molecule has 1 aliphatic rings. The average molecular weight is 298 g/mol. The van der Waals surface area contributed by atoms with E-state index in [2.05, 4.69) is 15.3 Å². The summed E-state index contributed by atoms with van der Waals surface area (Å²) in [6.45, 7) is 0.456. The van der Waals surface area contributed by atoms with Crippen LogP contribution in [-0.2, 0) is 9.53 Å². The van der Waals surface area contributed by atoms with E-state index in [4.69, 9.17) is 10.5 Å². The minimum Gasteiger partial charge on any atom is -0.364 e. The van der Waals surface area contributed by atoms with Crippen molar-refractivity contribution in [3.8, 4) is 11.1 Å². The van der Waals surface area contributed by atoms with E-state index in [1.807, 2.05) is 24.3 Å². The van der Waals surface area contributed by atoms with Gasteiger partial charge in [0.2, 0.25) is 0 Å². The molecule has 2 atom stereocenters. The third kappa shape index (κ3) is 3.29. The van der Waals surface area contributed by atoms with Crippen molar-refractivity contribution in [1.29, 1.82) is 0 Å². The summed E-state index contributed by atoms with van der Waals surface area (Å²) in [5.74, 6) is -0.119. The summed E-state index contributed by atoms with van der Waals surface area (Å²) in [6, 6.07) is 7.56. The smallest absolute Gasteiger partial charge is 0.253 e. The van der Waals surface area contributed by atoms with E-state index in [0.29, 0.717) is 13.0 Å². The Morgan fingerprint density at radius 1 is 1.18 bits per heavy atom. The lowest BCUT2D eigenvalue weighted by molar-refractivity contribution is -0.126. The second-order valence-electron chi connectivity index (χ2n) is 5.25. The first-order valence-corrected chi connectivity index (χ1v) is 7.28. The minimum atomic E-state index is -0.407. The van der Waals surface area contributed by atoms with Gasteiger partial charge in [-0.1, -0.05) is 12.1 Å². The highest BCUT2D eigenvalue weighted by Crippen LogP contribution is 2.22. The summed E-state index contributed by atoms with van der Waals surface area (Å²) in [5.41, 5.74) is 8.23. The summed E-state index contributed by atoms with van der Waals surface area (Å²) < 4.78 is 5.58. The zero-order valence-corrected chi connectivity index (χ0v) is 12.1. The van der Waals surface area contributed by atoms with Gasteiger partial charge in [0.05, 0.1) is 6.10 Å². The highest BCUT2D eigenvalue weighted by molar-refractivity contribution is 5.94. The Hall–Kier alpha value is -2.31. The van der Waals surface area contributed by atoms with Crippen LogP contribution in [-0.4, -0.2) is 34.6 Å². The van der Waals surface area contributed by atoms with Gasteiger partial charge >= 0.3 is 0 Å². The lowest BCUT2D eigenvalue weighted by atomic mass is 10.1. The first-order valence-electron chi connectivity index (χ1n) is 7.28. The zero-order valence-electron chi connectivity index (χ0n) is 12.1. The van der Waals surface area contributed by atoms with Crippen LogP contribution in [0.1, 0.15) is 12.8 Å². The second kappa shape index (κ2) is 6.64. The van der Waals surface area contributed by atoms with Crippen molar-refractivity contribution in [3.63, 3.8) is 0 Å². The van der Waals surface area contributed by atoms with Gasteiger partial charge in [-0.05, 0) is 30.5 Å². The quantitative estimate of drug-likeness (QED) is 0.894. The summed E-state index contributed by atoms with van der Waals surface area (Å²) >= 11 is 0. The van der Waals surface area contributed by atoms with Crippen molar-refractivity contribution < 1.29 is 9.53 Å². The first kappa shape index (κ1) is 14.6. The molecule has 1 aromatic heterocycles. The van der Waals surface area contributed by atoms with Crippen LogP contribution in [0.25, 0.3) is 11.1 Å². The number of carbonyl (C=O) groups is 1. The van der Waals surface area contributed by atoms with Gasteiger partial charge in [-0.3, -0.25) is 4.79 Å². The van der Waals surface area contributed by atoms with Crippen LogP contribution in [0.5, 0.6) is 0 Å². The number of carbonyl (C=O) groups excluding carboxylic acids is 1. The number of nitrogens with one attached hydrogen (secondary N) is 1. The number of anilines is 1. The molecule has 1 aromatic carbocycles. The van der Waals surface area contributed by atoms with Gasteiger partial charge in [-0.25, -0.2) is 9.97 Å². The molecule has 2 aromatic rings. The minimum absolute atomic E-state index is 0.00351. The van der Waals surface area contributed by atoms with Crippen molar-refractivity contribution in [2.45, 2.75) is 25.0 Å². The van der Waals surface area contributed by atoms with Gasteiger partial charge in [0.1, 0.15) is 12.4 Å². The fourth-order valence-corrected chi connectivity index (χ4v) is 2.49. The Morgan fingerprint density at radius 2 is 1.91 bits per heavy atom. The van der Waals surface area contributed by atoms with Crippen LogP contribution in [0.4, 0.5) is 5.69 Å². The largest absolute Gasteiger partial charge is 0.364 e. The number of amides is 1. The molecule has 1 fully saturated rings. The van der Waals surface area contributed by atoms with Gasteiger partial charge in [-0.15, -0.1) is 0 Å². The normalized spacial score (nSPS) is 20.8. The van der Waals surface area contributed by atoms with E-state index in [1.165, 1.54) is 6.33 Å². The van der Waals surface area contributed by atoms with E-state index in [1.54, 1.807) is 12.4 Å². The van der Waals surface area contributed by atoms with E-state index in [0.717, 1.165) is 23.2 Å². The van der Waals surface area contributed by atoms with Crippen LogP contribution in [0.15, 0.2) is 43.0 Å². The SMILES string of the molecule is NC[C@H]1CC[C@@H](C(=O)Nc2ccc(-c3cncnc3)cc2)O1. The molecule has 0 spiro atoms. The molecule has 0 radical (unpaired) electrons. The van der Waals surface area contributed by atoms with E-state index in [-0.39, 0.29) is 12.0 Å². The maximum Gasteiger partial charge on any atom is 0.253 e. The highest BCUT2D eigenvalue weighted by Gasteiger charge is 2.29. The van der Waals surface area contributed by atoms with Gasteiger partial charge in [0, 0.05) is 30.2 Å². The molecule has 0 bridgehead atoms. The molecule has 3 N–H and O–H groups in total. The van der Waals surface area contributed by atoms with Gasteiger partial charge in [0.15, 0.2) is 0 Å². The Bertz CT molecular complexity index is 630. The lowest BCUT2D eigenvalue weighted by Crippen LogP contribution is -2.29. The molecule has 114 valence electrons. The number of ether oxygens (including phenoxy) is 1. The number of nitrogens with two attached hydrogens (primary N) is 1. The van der Waals surface area contributed by atoms with Crippen molar-refractivity contribution in [1.82, 2.24) is 9.97 Å².